The van der Waals surface area contributed by atoms with Crippen LogP contribution in [-0.2, 0) is 14.3 Å². The smallest absolute Gasteiger partial charge is 0.337 e. The Kier molecular flexibility index (Phi) is 8.59. The second kappa shape index (κ2) is 11.7. The molecular weight excluding hydrogens is 566 g/mol. The lowest BCUT2D eigenvalue weighted by Crippen LogP contribution is -2.36. The molecule has 0 aromatic heterocycles. The molecule has 4 rings (SSSR count). The highest BCUT2D eigenvalue weighted by Gasteiger charge is 2.42. The number of halogens is 1. The van der Waals surface area contributed by atoms with E-state index in [-0.39, 0.29) is 24.2 Å². The van der Waals surface area contributed by atoms with Crippen molar-refractivity contribution in [3.05, 3.63) is 68.5 Å². The van der Waals surface area contributed by atoms with E-state index in [1.807, 2.05) is 37.3 Å². The summed E-state index contributed by atoms with van der Waals surface area (Å²) in [5, 5.41) is 3.38. The average Bonchev–Trinajstić information content (AvgIpc) is 2.90. The van der Waals surface area contributed by atoms with Gasteiger partial charge in [0.25, 0.3) is 0 Å². The number of allylic oxidation sites excluding steroid dienone is 3. The van der Waals surface area contributed by atoms with Crippen molar-refractivity contribution in [1.82, 2.24) is 5.32 Å². The molecule has 2 atom stereocenters. The minimum absolute atomic E-state index is 0.0400. The maximum Gasteiger partial charge on any atom is 0.337 e. The number of Topliss-reactive ketones (excluding diaryl/α,β-unsaturated/α-hetero) is 1. The number of methoxy groups -OCH3 is 4. The molecule has 1 aliphatic heterocycles. The molecule has 0 saturated heterocycles. The van der Waals surface area contributed by atoms with Crippen molar-refractivity contribution in [1.29, 1.82) is 0 Å². The molecule has 0 fully saturated rings. The van der Waals surface area contributed by atoms with Crippen molar-refractivity contribution in [2.75, 3.05) is 28.4 Å². The molecule has 208 valence electrons. The third kappa shape index (κ3) is 5.50. The highest BCUT2D eigenvalue weighted by molar-refractivity contribution is 9.10. The van der Waals surface area contributed by atoms with Gasteiger partial charge in [-0.1, -0.05) is 6.07 Å². The van der Waals surface area contributed by atoms with Gasteiger partial charge in [-0.25, -0.2) is 4.79 Å². The van der Waals surface area contributed by atoms with Crippen LogP contribution in [0, 0.1) is 0 Å². The Morgan fingerprint density at radius 3 is 2.21 bits per heavy atom. The zero-order valence-electron chi connectivity index (χ0n) is 23.3. The number of esters is 1. The Hall–Kier alpha value is -3.46. The highest BCUT2D eigenvalue weighted by Crippen LogP contribution is 2.49. The number of ketones is 1. The first kappa shape index (κ1) is 28.5. The van der Waals surface area contributed by atoms with Gasteiger partial charge in [0.15, 0.2) is 28.8 Å². The van der Waals surface area contributed by atoms with Gasteiger partial charge < -0.3 is 29.0 Å². The molecule has 0 bridgehead atoms. The fourth-order valence-electron chi connectivity index (χ4n) is 5.37. The van der Waals surface area contributed by atoms with Crippen molar-refractivity contribution >= 4 is 27.7 Å². The summed E-state index contributed by atoms with van der Waals surface area (Å²) in [5.41, 5.74) is 4.11. The second-order valence-corrected chi connectivity index (χ2v) is 10.7. The summed E-state index contributed by atoms with van der Waals surface area (Å²) in [6.45, 7) is 5.44. The fourth-order valence-corrected chi connectivity index (χ4v) is 5.99. The Balaban J connectivity index is 1.84. The van der Waals surface area contributed by atoms with Gasteiger partial charge in [0.05, 0.1) is 44.6 Å². The van der Waals surface area contributed by atoms with Crippen LogP contribution in [0.25, 0.3) is 0 Å². The molecular formula is C30H34BrNO7. The summed E-state index contributed by atoms with van der Waals surface area (Å²) in [4.78, 5) is 27.4. The molecule has 39 heavy (non-hydrogen) atoms. The van der Waals surface area contributed by atoms with Crippen molar-refractivity contribution < 1.29 is 33.3 Å². The van der Waals surface area contributed by atoms with E-state index in [1.165, 1.54) is 0 Å². The van der Waals surface area contributed by atoms with Gasteiger partial charge in [-0.3, -0.25) is 4.79 Å². The van der Waals surface area contributed by atoms with E-state index in [0.717, 1.165) is 16.8 Å². The molecule has 1 aliphatic carbocycles. The van der Waals surface area contributed by atoms with Gasteiger partial charge in [-0.05, 0) is 84.4 Å². The minimum Gasteiger partial charge on any atom is -0.493 e. The van der Waals surface area contributed by atoms with Crippen molar-refractivity contribution in [3.63, 3.8) is 0 Å². The molecule has 2 unspecified atom stereocenters. The van der Waals surface area contributed by atoms with Gasteiger partial charge in [-0.15, -0.1) is 0 Å². The van der Waals surface area contributed by atoms with E-state index in [2.05, 4.69) is 21.2 Å². The Morgan fingerprint density at radius 1 is 0.923 bits per heavy atom. The molecule has 8 nitrogen and oxygen atoms in total. The van der Waals surface area contributed by atoms with E-state index >= 15 is 0 Å². The van der Waals surface area contributed by atoms with E-state index in [4.69, 9.17) is 23.7 Å². The predicted octanol–water partition coefficient (Wildman–Crippen LogP) is 5.80. The van der Waals surface area contributed by atoms with Crippen molar-refractivity contribution in [3.8, 4) is 23.0 Å². The first-order chi connectivity index (χ1) is 18.6. The summed E-state index contributed by atoms with van der Waals surface area (Å²) in [6, 6.07) is 9.42. The van der Waals surface area contributed by atoms with Crippen LogP contribution in [-0.4, -0.2) is 46.3 Å². The van der Waals surface area contributed by atoms with Gasteiger partial charge >= 0.3 is 5.97 Å². The molecule has 9 heteroatoms. The molecule has 0 radical (unpaired) electrons. The molecule has 0 spiro atoms. The van der Waals surface area contributed by atoms with Crippen molar-refractivity contribution in [2.24, 2.45) is 0 Å². The van der Waals surface area contributed by atoms with Crippen LogP contribution in [0.15, 0.2) is 57.3 Å². The monoisotopic (exact) mass is 599 g/mol. The predicted molar refractivity (Wildman–Crippen MR) is 151 cm³/mol. The number of dihydropyridines is 1. The molecule has 2 aromatic rings. The van der Waals surface area contributed by atoms with E-state index in [1.54, 1.807) is 42.3 Å². The summed E-state index contributed by atoms with van der Waals surface area (Å²) < 4.78 is 28.2. The minimum atomic E-state index is -0.637. The Labute approximate surface area is 237 Å². The van der Waals surface area contributed by atoms with Crippen LogP contribution in [0.5, 0.6) is 23.0 Å². The average molecular weight is 601 g/mol. The maximum absolute atomic E-state index is 13.9. The quantitative estimate of drug-likeness (QED) is 0.381. The van der Waals surface area contributed by atoms with Crippen molar-refractivity contribution in [2.45, 2.75) is 51.6 Å². The molecule has 1 N–H and O–H groups in total. The number of hydrogen-bond donors (Lipinski definition) is 1. The maximum atomic E-state index is 13.9. The summed E-state index contributed by atoms with van der Waals surface area (Å²) in [5.74, 6) is 1.05. The SMILES string of the molecule is COc1ccc(C2CC(=O)C3=C(C2)NC(C)=C(C(=O)OC(C)C)C3c2cc(Br)c(OC)c(OC)c2)cc1OC. The van der Waals surface area contributed by atoms with Crippen LogP contribution in [0.3, 0.4) is 0 Å². The molecule has 0 saturated carbocycles. The lowest BCUT2D eigenvalue weighted by atomic mass is 9.71. The number of rotatable bonds is 8. The molecule has 0 amide bonds. The zero-order chi connectivity index (χ0) is 28.4. The van der Waals surface area contributed by atoms with Gasteiger partial charge in [-0.2, -0.15) is 0 Å². The lowest BCUT2D eigenvalue weighted by molar-refractivity contribution is -0.143. The van der Waals surface area contributed by atoms with E-state index < -0.39 is 11.9 Å². The number of benzene rings is 2. The van der Waals surface area contributed by atoms with Crippen LogP contribution in [0.1, 0.15) is 56.6 Å². The second-order valence-electron chi connectivity index (χ2n) is 9.82. The number of hydrogen-bond acceptors (Lipinski definition) is 8. The summed E-state index contributed by atoms with van der Waals surface area (Å²) in [6.07, 6.45) is 0.556. The Morgan fingerprint density at radius 2 is 1.59 bits per heavy atom. The molecule has 2 aromatic carbocycles. The third-order valence-electron chi connectivity index (χ3n) is 7.06. The molecule has 2 aliphatic rings. The zero-order valence-corrected chi connectivity index (χ0v) is 24.9. The highest BCUT2D eigenvalue weighted by atomic mass is 79.9. The number of ether oxygens (including phenoxy) is 5. The van der Waals surface area contributed by atoms with Crippen LogP contribution >= 0.6 is 15.9 Å². The lowest BCUT2D eigenvalue weighted by Gasteiger charge is -2.37. The topological polar surface area (TPSA) is 92.3 Å². The van der Waals surface area contributed by atoms with E-state index in [9.17, 15) is 9.59 Å². The van der Waals surface area contributed by atoms with Gasteiger partial charge in [0, 0.05) is 29.3 Å². The van der Waals surface area contributed by atoms with E-state index in [0.29, 0.717) is 50.7 Å². The Bertz CT molecular complexity index is 1360. The third-order valence-corrected chi connectivity index (χ3v) is 7.65. The first-order valence-electron chi connectivity index (χ1n) is 12.7. The van der Waals surface area contributed by atoms with Crippen LogP contribution < -0.4 is 24.3 Å². The number of carbonyl (C=O) groups is 2. The normalized spacial score (nSPS) is 18.9. The standard InChI is InChI=1S/C30H34BrNO7/c1-15(2)39-30(34)26-16(3)32-21-11-18(17-8-9-23(35-4)24(13-17)36-5)12-22(33)28(21)27(26)19-10-20(31)29(38-7)25(14-19)37-6/h8-10,13-15,18,27,32H,11-12H2,1-7H3. The van der Waals surface area contributed by atoms with Crippen LogP contribution in [0.4, 0.5) is 0 Å². The summed E-state index contributed by atoms with van der Waals surface area (Å²) >= 11 is 3.57. The first-order valence-corrected chi connectivity index (χ1v) is 13.5. The van der Waals surface area contributed by atoms with Gasteiger partial charge in [0.1, 0.15) is 0 Å². The summed E-state index contributed by atoms with van der Waals surface area (Å²) in [7, 11) is 6.29. The fraction of sp³-hybridized carbons (Fsp3) is 0.400. The van der Waals surface area contributed by atoms with Gasteiger partial charge in [0.2, 0.25) is 0 Å². The largest absolute Gasteiger partial charge is 0.493 e. The van der Waals surface area contributed by atoms with Crippen LogP contribution in [0.2, 0.25) is 0 Å². The number of carbonyl (C=O) groups excluding carboxylic acids is 2. The number of nitrogens with one attached hydrogen (secondary N) is 1. The molecule has 1 heterocycles.